The number of nitrogens with one attached hydrogen (secondary N) is 3. The number of hydrazine groups is 1. The molecule has 3 N–H and O–H groups in total. The van der Waals surface area contributed by atoms with E-state index in [-0.39, 0.29) is 0 Å². The van der Waals surface area contributed by atoms with Crippen LogP contribution in [0.5, 0.6) is 0 Å². The molecule has 0 atom stereocenters. The van der Waals surface area contributed by atoms with E-state index < -0.39 is 0 Å². The largest absolute Gasteiger partial charge is 0.358 e. The van der Waals surface area contributed by atoms with Gasteiger partial charge >= 0.3 is 0 Å². The van der Waals surface area contributed by atoms with Gasteiger partial charge in [-0.25, -0.2) is 0 Å². The van der Waals surface area contributed by atoms with E-state index in [0.29, 0.717) is 11.7 Å². The van der Waals surface area contributed by atoms with Gasteiger partial charge in [-0.1, -0.05) is 24.3 Å². The molecule has 0 amide bonds. The summed E-state index contributed by atoms with van der Waals surface area (Å²) in [5.74, 6) is 0. The van der Waals surface area contributed by atoms with Crippen LogP contribution in [0.1, 0.15) is 12.5 Å². The van der Waals surface area contributed by atoms with Gasteiger partial charge < -0.3 is 5.32 Å². The zero-order chi connectivity index (χ0) is 12.0. The van der Waals surface area contributed by atoms with E-state index in [1.54, 1.807) is 0 Å². The molecule has 1 rings (SSSR count). The predicted molar refractivity (Wildman–Crippen MR) is 73.4 cm³/mol. The van der Waals surface area contributed by atoms with Crippen molar-refractivity contribution in [1.82, 2.24) is 10.7 Å². The summed E-state index contributed by atoms with van der Waals surface area (Å²) in [7, 11) is 0. The summed E-state index contributed by atoms with van der Waals surface area (Å²) in [5, 5.41) is 3.58. The highest BCUT2D eigenvalue weighted by Gasteiger charge is 1.95. The van der Waals surface area contributed by atoms with Crippen molar-refractivity contribution in [2.24, 2.45) is 0 Å². The molecular formula is C12H17N3S. The van der Waals surface area contributed by atoms with E-state index in [1.165, 1.54) is 5.56 Å². The monoisotopic (exact) mass is 235 g/mol. The van der Waals surface area contributed by atoms with Crippen LogP contribution in [0.15, 0.2) is 36.4 Å². The van der Waals surface area contributed by atoms with E-state index in [9.17, 15) is 0 Å². The molecule has 0 aliphatic heterocycles. The Balaban J connectivity index is 2.34. The van der Waals surface area contributed by atoms with Crippen LogP contribution in [0.25, 0.3) is 0 Å². The first-order valence-corrected chi connectivity index (χ1v) is 5.49. The standard InChI is InChI=1S/C12H17N3S/c1-9(2)8-13-12(16)15-14-11-6-4-5-10(3)7-11/h4-7,14H,1,8H2,2-3H3,(H2,13,15,16). The number of anilines is 1. The van der Waals surface area contributed by atoms with E-state index in [0.717, 1.165) is 11.3 Å². The fourth-order valence-corrected chi connectivity index (χ4v) is 1.25. The molecule has 0 bridgehead atoms. The number of thiocarbonyl (C=S) groups is 1. The van der Waals surface area contributed by atoms with Crippen LogP contribution in [0.3, 0.4) is 0 Å². The summed E-state index contributed by atoms with van der Waals surface area (Å²) in [6.07, 6.45) is 0. The minimum absolute atomic E-state index is 0.560. The third-order valence-electron chi connectivity index (χ3n) is 1.89. The highest BCUT2D eigenvalue weighted by molar-refractivity contribution is 7.80. The maximum absolute atomic E-state index is 5.08. The van der Waals surface area contributed by atoms with Crippen LogP contribution in [0.4, 0.5) is 5.69 Å². The first kappa shape index (κ1) is 12.5. The fraction of sp³-hybridized carbons (Fsp3) is 0.250. The fourth-order valence-electron chi connectivity index (χ4n) is 1.13. The van der Waals surface area contributed by atoms with Crippen molar-refractivity contribution >= 4 is 23.0 Å². The van der Waals surface area contributed by atoms with Gasteiger partial charge in [0.15, 0.2) is 5.11 Å². The van der Waals surface area contributed by atoms with Crippen molar-refractivity contribution in [1.29, 1.82) is 0 Å². The van der Waals surface area contributed by atoms with Crippen LogP contribution in [-0.2, 0) is 0 Å². The summed E-state index contributed by atoms with van der Waals surface area (Å²) in [6, 6.07) is 8.04. The van der Waals surface area contributed by atoms with Gasteiger partial charge in [-0.15, -0.1) is 0 Å². The predicted octanol–water partition coefficient (Wildman–Crippen LogP) is 2.36. The molecule has 0 saturated heterocycles. The molecule has 0 radical (unpaired) electrons. The Labute approximate surface area is 102 Å². The minimum atomic E-state index is 0.560. The lowest BCUT2D eigenvalue weighted by Crippen LogP contribution is -2.39. The summed E-state index contributed by atoms with van der Waals surface area (Å²) < 4.78 is 0. The Morgan fingerprint density at radius 1 is 1.44 bits per heavy atom. The maximum atomic E-state index is 5.08. The number of rotatable bonds is 4. The van der Waals surface area contributed by atoms with Gasteiger partial charge in [0.05, 0.1) is 5.69 Å². The quantitative estimate of drug-likeness (QED) is 0.425. The van der Waals surface area contributed by atoms with Crippen molar-refractivity contribution < 1.29 is 0 Å². The second-order valence-corrected chi connectivity index (χ2v) is 4.17. The molecule has 3 nitrogen and oxygen atoms in total. The highest BCUT2D eigenvalue weighted by atomic mass is 32.1. The molecule has 0 aromatic heterocycles. The Hall–Kier alpha value is -1.55. The van der Waals surface area contributed by atoms with Gasteiger partial charge in [-0.3, -0.25) is 10.9 Å². The smallest absolute Gasteiger partial charge is 0.185 e. The van der Waals surface area contributed by atoms with Crippen molar-refractivity contribution in [3.05, 3.63) is 42.0 Å². The first-order chi connectivity index (χ1) is 7.58. The second-order valence-electron chi connectivity index (χ2n) is 3.76. The minimum Gasteiger partial charge on any atom is -0.358 e. The zero-order valence-corrected chi connectivity index (χ0v) is 10.4. The van der Waals surface area contributed by atoms with Crippen LogP contribution in [0.2, 0.25) is 0 Å². The molecule has 0 heterocycles. The third-order valence-corrected chi connectivity index (χ3v) is 2.14. The Morgan fingerprint density at radius 3 is 2.81 bits per heavy atom. The Morgan fingerprint density at radius 2 is 2.19 bits per heavy atom. The van der Waals surface area contributed by atoms with Crippen LogP contribution >= 0.6 is 12.2 Å². The van der Waals surface area contributed by atoms with E-state index in [4.69, 9.17) is 12.2 Å². The Kier molecular flexibility index (Phi) is 4.79. The summed E-state index contributed by atoms with van der Waals surface area (Å²) in [6.45, 7) is 8.46. The average molecular weight is 235 g/mol. The molecule has 1 aromatic rings. The van der Waals surface area contributed by atoms with E-state index in [1.807, 2.05) is 38.1 Å². The molecular weight excluding hydrogens is 218 g/mol. The number of aryl methyl sites for hydroxylation is 1. The molecule has 86 valence electrons. The molecule has 1 aromatic carbocycles. The van der Waals surface area contributed by atoms with Crippen molar-refractivity contribution in [3.63, 3.8) is 0 Å². The molecule has 0 aliphatic rings. The normalized spacial score (nSPS) is 9.38. The van der Waals surface area contributed by atoms with E-state index >= 15 is 0 Å². The Bertz CT molecular complexity index is 388. The lowest BCUT2D eigenvalue weighted by atomic mass is 10.2. The van der Waals surface area contributed by atoms with Crippen LogP contribution < -0.4 is 16.2 Å². The highest BCUT2D eigenvalue weighted by Crippen LogP contribution is 2.07. The average Bonchev–Trinajstić information content (AvgIpc) is 2.23. The van der Waals surface area contributed by atoms with Gasteiger partial charge in [-0.2, -0.15) is 0 Å². The molecule has 0 saturated carbocycles. The van der Waals surface area contributed by atoms with Crippen LogP contribution in [0, 0.1) is 6.92 Å². The maximum Gasteiger partial charge on any atom is 0.185 e. The number of benzene rings is 1. The van der Waals surface area contributed by atoms with Gasteiger partial charge in [-0.05, 0) is 43.8 Å². The topological polar surface area (TPSA) is 36.1 Å². The van der Waals surface area contributed by atoms with Crippen molar-refractivity contribution in [3.8, 4) is 0 Å². The van der Waals surface area contributed by atoms with Gasteiger partial charge in [0.1, 0.15) is 0 Å². The second kappa shape index (κ2) is 6.12. The van der Waals surface area contributed by atoms with E-state index in [2.05, 4.69) is 22.7 Å². The van der Waals surface area contributed by atoms with Gasteiger partial charge in [0.2, 0.25) is 0 Å². The molecule has 0 fully saturated rings. The SMILES string of the molecule is C=C(C)CNC(=S)NNc1cccc(C)c1. The molecule has 0 unspecified atom stereocenters. The first-order valence-electron chi connectivity index (χ1n) is 5.09. The molecule has 4 heteroatoms. The third kappa shape index (κ3) is 4.79. The number of hydrogen-bond acceptors (Lipinski definition) is 2. The van der Waals surface area contributed by atoms with Gasteiger partial charge in [0.25, 0.3) is 0 Å². The number of hydrogen-bond donors (Lipinski definition) is 3. The lowest BCUT2D eigenvalue weighted by Gasteiger charge is -2.12. The van der Waals surface area contributed by atoms with Crippen LogP contribution in [-0.4, -0.2) is 11.7 Å². The summed E-state index contributed by atoms with van der Waals surface area (Å²) in [5.41, 5.74) is 9.16. The lowest BCUT2D eigenvalue weighted by molar-refractivity contribution is 0.944. The zero-order valence-electron chi connectivity index (χ0n) is 9.63. The van der Waals surface area contributed by atoms with Gasteiger partial charge in [0, 0.05) is 6.54 Å². The molecule has 16 heavy (non-hydrogen) atoms. The van der Waals surface area contributed by atoms with Crippen molar-refractivity contribution in [2.45, 2.75) is 13.8 Å². The summed E-state index contributed by atoms with van der Waals surface area (Å²) >= 11 is 5.08. The summed E-state index contributed by atoms with van der Waals surface area (Å²) in [4.78, 5) is 0. The van der Waals surface area contributed by atoms with Crippen molar-refractivity contribution in [2.75, 3.05) is 12.0 Å². The molecule has 0 spiro atoms. The molecule has 0 aliphatic carbocycles.